The third kappa shape index (κ3) is 5.06. The zero-order chi connectivity index (χ0) is 18.6. The van der Waals surface area contributed by atoms with E-state index in [-0.39, 0.29) is 6.09 Å². The quantitative estimate of drug-likeness (QED) is 0.712. The summed E-state index contributed by atoms with van der Waals surface area (Å²) in [7, 11) is 0. The third-order valence-corrected chi connectivity index (χ3v) is 5.02. The first kappa shape index (κ1) is 18.4. The predicted molar refractivity (Wildman–Crippen MR) is 102 cm³/mol. The number of thiazole rings is 1. The molecule has 0 spiro atoms. The first-order chi connectivity index (χ1) is 12.4. The smallest absolute Gasteiger partial charge is 0.410 e. The van der Waals surface area contributed by atoms with Gasteiger partial charge in [0.15, 0.2) is 0 Å². The van der Waals surface area contributed by atoms with Crippen LogP contribution in [0, 0.1) is 11.8 Å². The molecule has 0 saturated carbocycles. The lowest BCUT2D eigenvalue weighted by Gasteiger charge is -2.32. The van der Waals surface area contributed by atoms with E-state index >= 15 is 0 Å². The summed E-state index contributed by atoms with van der Waals surface area (Å²) in [6, 6.07) is 3.80. The van der Waals surface area contributed by atoms with Crippen molar-refractivity contribution < 1.29 is 9.53 Å². The number of pyridine rings is 1. The number of nitrogens with zero attached hydrogens (tertiary/aromatic N) is 3. The second-order valence-electron chi connectivity index (χ2n) is 7.30. The highest BCUT2D eigenvalue weighted by atomic mass is 32.1. The van der Waals surface area contributed by atoms with Crippen LogP contribution in [-0.4, -0.2) is 39.7 Å². The fourth-order valence-electron chi connectivity index (χ4n) is 2.74. The molecule has 2 aromatic rings. The van der Waals surface area contributed by atoms with Gasteiger partial charge in [-0.2, -0.15) is 0 Å². The maximum atomic E-state index is 12.1. The highest BCUT2D eigenvalue weighted by Crippen LogP contribution is 2.30. The van der Waals surface area contributed by atoms with E-state index in [0.29, 0.717) is 19.0 Å². The molecule has 3 heterocycles. The summed E-state index contributed by atoms with van der Waals surface area (Å²) in [5, 5.41) is 3.10. The summed E-state index contributed by atoms with van der Waals surface area (Å²) in [6.07, 6.45) is 5.06. The van der Waals surface area contributed by atoms with Crippen LogP contribution in [0.1, 0.15) is 55.8 Å². The van der Waals surface area contributed by atoms with Crippen molar-refractivity contribution in [2.24, 2.45) is 0 Å². The van der Waals surface area contributed by atoms with Gasteiger partial charge in [0.05, 0.1) is 5.01 Å². The molecule has 0 N–H and O–H groups in total. The number of hydrogen-bond donors (Lipinski definition) is 0. The van der Waals surface area contributed by atoms with Gasteiger partial charge in [0.25, 0.3) is 0 Å². The number of carbonyl (C=O) groups excluding carboxylic acids is 1. The monoisotopic (exact) mass is 369 g/mol. The molecular weight excluding hydrogens is 346 g/mol. The largest absolute Gasteiger partial charge is 0.444 e. The first-order valence-electron chi connectivity index (χ1n) is 8.76. The van der Waals surface area contributed by atoms with E-state index in [0.717, 1.165) is 29.1 Å². The van der Waals surface area contributed by atoms with E-state index in [9.17, 15) is 4.79 Å². The molecule has 3 rings (SSSR count). The van der Waals surface area contributed by atoms with E-state index in [4.69, 9.17) is 4.74 Å². The van der Waals surface area contributed by atoms with Crippen LogP contribution in [0.3, 0.4) is 0 Å². The van der Waals surface area contributed by atoms with Gasteiger partial charge < -0.3 is 9.64 Å². The van der Waals surface area contributed by atoms with Gasteiger partial charge in [0.1, 0.15) is 11.3 Å². The lowest BCUT2D eigenvalue weighted by Crippen LogP contribution is -2.41. The molecule has 5 nitrogen and oxygen atoms in total. The molecule has 6 heteroatoms. The molecule has 0 aliphatic carbocycles. The van der Waals surface area contributed by atoms with Gasteiger partial charge in [-0.1, -0.05) is 5.92 Å². The summed E-state index contributed by atoms with van der Waals surface area (Å²) in [5.74, 6) is 6.56. The Morgan fingerprint density at radius 1 is 1.31 bits per heavy atom. The van der Waals surface area contributed by atoms with Gasteiger partial charge >= 0.3 is 6.09 Å². The average Bonchev–Trinajstić information content (AvgIpc) is 3.08. The third-order valence-electron chi connectivity index (χ3n) is 4.01. The lowest BCUT2D eigenvalue weighted by atomic mass is 9.98. The van der Waals surface area contributed by atoms with Gasteiger partial charge in [0, 0.05) is 42.3 Å². The van der Waals surface area contributed by atoms with Gasteiger partial charge in [-0.05, 0) is 51.7 Å². The molecule has 0 radical (unpaired) electrons. The fraction of sp³-hybridized carbons (Fsp3) is 0.450. The minimum atomic E-state index is -0.453. The average molecular weight is 369 g/mol. The van der Waals surface area contributed by atoms with Crippen molar-refractivity contribution in [3.05, 3.63) is 46.2 Å². The Bertz CT molecular complexity index is 807. The van der Waals surface area contributed by atoms with Crippen molar-refractivity contribution in [3.8, 4) is 11.8 Å². The van der Waals surface area contributed by atoms with Gasteiger partial charge in [-0.3, -0.25) is 4.98 Å². The van der Waals surface area contributed by atoms with Crippen LogP contribution in [0.5, 0.6) is 0 Å². The maximum Gasteiger partial charge on any atom is 0.410 e. The number of carbonyl (C=O) groups is 1. The molecule has 0 unspecified atom stereocenters. The van der Waals surface area contributed by atoms with E-state index in [1.165, 1.54) is 0 Å². The Balaban J connectivity index is 1.57. The first-order valence-corrected chi connectivity index (χ1v) is 9.64. The maximum absolute atomic E-state index is 12.1. The normalized spacial score (nSPS) is 15.3. The van der Waals surface area contributed by atoms with E-state index < -0.39 is 5.60 Å². The number of amides is 1. The molecule has 0 atom stereocenters. The molecule has 0 bridgehead atoms. The summed E-state index contributed by atoms with van der Waals surface area (Å²) >= 11 is 1.65. The summed E-state index contributed by atoms with van der Waals surface area (Å²) in [5.41, 5.74) is 1.22. The highest BCUT2D eigenvalue weighted by molar-refractivity contribution is 7.09. The number of likely N-dealkylation sites (tertiary alicyclic amines) is 1. The molecule has 136 valence electrons. The molecule has 2 aromatic heterocycles. The molecule has 26 heavy (non-hydrogen) atoms. The summed E-state index contributed by atoms with van der Waals surface area (Å²) in [6.45, 7) is 7.08. The highest BCUT2D eigenvalue weighted by Gasteiger charge is 2.28. The molecule has 0 aromatic carbocycles. The summed E-state index contributed by atoms with van der Waals surface area (Å²) < 4.78 is 5.45. The molecule has 1 amide bonds. The van der Waals surface area contributed by atoms with Crippen molar-refractivity contribution in [2.45, 2.75) is 45.1 Å². The van der Waals surface area contributed by atoms with Gasteiger partial charge in [-0.15, -0.1) is 11.3 Å². The number of ether oxygens (including phenoxy) is 1. The Labute approximate surface area is 158 Å². The topological polar surface area (TPSA) is 55.3 Å². The number of aromatic nitrogens is 2. The molecule has 1 saturated heterocycles. The van der Waals surface area contributed by atoms with E-state index in [2.05, 4.69) is 21.8 Å². The van der Waals surface area contributed by atoms with Crippen molar-refractivity contribution in [3.63, 3.8) is 0 Å². The summed E-state index contributed by atoms with van der Waals surface area (Å²) in [4.78, 5) is 22.7. The van der Waals surface area contributed by atoms with Crippen molar-refractivity contribution in [1.29, 1.82) is 0 Å². The zero-order valence-corrected chi connectivity index (χ0v) is 16.2. The van der Waals surface area contributed by atoms with Crippen LogP contribution < -0.4 is 0 Å². The Morgan fingerprint density at radius 2 is 2.08 bits per heavy atom. The fourth-order valence-corrected chi connectivity index (χ4v) is 3.66. The van der Waals surface area contributed by atoms with Gasteiger partial charge in [-0.25, -0.2) is 9.78 Å². The van der Waals surface area contributed by atoms with Gasteiger partial charge in [0.2, 0.25) is 0 Å². The van der Waals surface area contributed by atoms with Crippen LogP contribution in [0.15, 0.2) is 29.9 Å². The van der Waals surface area contributed by atoms with Crippen molar-refractivity contribution >= 4 is 17.4 Å². The SMILES string of the molecule is CC(C)(C)OC(=O)N1CCC(c2nc(C#Cc3cccnc3)cs2)CC1. The Hall–Kier alpha value is -2.39. The zero-order valence-electron chi connectivity index (χ0n) is 15.4. The number of piperidine rings is 1. The second-order valence-corrected chi connectivity index (χ2v) is 8.19. The van der Waals surface area contributed by atoms with Crippen LogP contribution in [0.25, 0.3) is 0 Å². The van der Waals surface area contributed by atoms with Crippen LogP contribution >= 0.6 is 11.3 Å². The van der Waals surface area contributed by atoms with Crippen molar-refractivity contribution in [2.75, 3.05) is 13.1 Å². The molecule has 1 aliphatic heterocycles. The van der Waals surface area contributed by atoms with Crippen LogP contribution in [-0.2, 0) is 4.74 Å². The van der Waals surface area contributed by atoms with Crippen LogP contribution in [0.2, 0.25) is 0 Å². The minimum absolute atomic E-state index is 0.224. The number of hydrogen-bond acceptors (Lipinski definition) is 5. The minimum Gasteiger partial charge on any atom is -0.444 e. The van der Waals surface area contributed by atoms with E-state index in [1.54, 1.807) is 28.6 Å². The lowest BCUT2D eigenvalue weighted by molar-refractivity contribution is 0.0205. The van der Waals surface area contributed by atoms with Crippen LogP contribution in [0.4, 0.5) is 4.79 Å². The molecule has 1 fully saturated rings. The Morgan fingerprint density at radius 3 is 2.73 bits per heavy atom. The van der Waals surface area contributed by atoms with E-state index in [1.807, 2.05) is 38.3 Å². The molecule has 1 aliphatic rings. The van der Waals surface area contributed by atoms with Crippen molar-refractivity contribution in [1.82, 2.24) is 14.9 Å². The standard InChI is InChI=1S/C20H23N3O2S/c1-20(2,3)25-19(24)23-11-8-16(9-12-23)18-22-17(14-26-18)7-6-15-5-4-10-21-13-15/h4-5,10,13-14,16H,8-9,11-12H2,1-3H3. The molecular formula is C20H23N3O2S. The second kappa shape index (κ2) is 7.88. The number of rotatable bonds is 1. The predicted octanol–water partition coefficient (Wildman–Crippen LogP) is 4.05. The Kier molecular flexibility index (Phi) is 5.58.